The predicted octanol–water partition coefficient (Wildman–Crippen LogP) is 0.911. The van der Waals surface area contributed by atoms with E-state index in [2.05, 4.69) is 20.5 Å². The van der Waals surface area contributed by atoms with Crippen LogP contribution in [0.25, 0.3) is 0 Å². The van der Waals surface area contributed by atoms with Crippen molar-refractivity contribution in [3.05, 3.63) is 0 Å². The molecule has 0 heterocycles. The van der Waals surface area contributed by atoms with Crippen LogP contribution in [0.4, 0.5) is 8.78 Å². The van der Waals surface area contributed by atoms with Crippen molar-refractivity contribution in [2.24, 2.45) is 0 Å². The second kappa shape index (κ2) is 3.88. The largest absolute Gasteiger partial charge is 0.220 e. The van der Waals surface area contributed by atoms with E-state index in [1.807, 2.05) is 0 Å². The van der Waals surface area contributed by atoms with Crippen molar-refractivity contribution in [1.29, 1.82) is 0 Å². The first kappa shape index (κ1) is 11.4. The van der Waals surface area contributed by atoms with Gasteiger partial charge in [0.05, 0.1) is 15.7 Å². The summed E-state index contributed by atoms with van der Waals surface area (Å²) in [6.45, 7) is 0. The Labute approximate surface area is 75.1 Å². The lowest BCUT2D eigenvalue weighted by Crippen LogP contribution is -2.36. The number of hydrogen-bond acceptors (Lipinski definition) is 1. The zero-order valence-corrected chi connectivity index (χ0v) is 6.95. The van der Waals surface area contributed by atoms with Crippen LogP contribution in [0.15, 0.2) is 0 Å². The van der Waals surface area contributed by atoms with Gasteiger partial charge in [0, 0.05) is 0 Å². The molecule has 0 N–H and O–H groups in total. The van der Waals surface area contributed by atoms with E-state index in [0.29, 0.717) is 12.2 Å². The Bertz CT molecular complexity index is 123. The molecule has 0 saturated heterocycles. The summed E-state index contributed by atoms with van der Waals surface area (Å²) in [6.07, 6.45) is 0.378. The second-order valence-electron chi connectivity index (χ2n) is 2.49. The minimum absolute atomic E-state index is 0.0417. The molecule has 0 aliphatic rings. The van der Waals surface area contributed by atoms with E-state index in [-0.39, 0.29) is 6.42 Å². The first-order valence-electron chi connectivity index (χ1n) is 3.16. The van der Waals surface area contributed by atoms with Crippen LogP contribution in [0.2, 0.25) is 5.21 Å². The average molecular weight is 170 g/mol. The molecular formula is C5H7B3F2S. The molecule has 0 atom stereocenters. The first-order chi connectivity index (χ1) is 4.81. The van der Waals surface area contributed by atoms with Gasteiger partial charge < -0.3 is 0 Å². The molecule has 0 aromatic rings. The highest BCUT2D eigenvalue weighted by Gasteiger charge is 2.38. The molecule has 0 bridgehead atoms. The molecule has 0 aliphatic heterocycles. The quantitative estimate of drug-likeness (QED) is 0.470. The van der Waals surface area contributed by atoms with Gasteiger partial charge in [0.25, 0.3) is 0 Å². The Morgan fingerprint density at radius 2 is 1.64 bits per heavy atom. The second-order valence-corrected chi connectivity index (χ2v) is 2.94. The smallest absolute Gasteiger partial charge is 0.190 e. The van der Waals surface area contributed by atoms with Crippen molar-refractivity contribution in [3.63, 3.8) is 0 Å². The summed E-state index contributed by atoms with van der Waals surface area (Å²) in [5, 5.41) is -2.12. The zero-order chi connectivity index (χ0) is 9.12. The first-order valence-corrected chi connectivity index (χ1v) is 3.80. The fraction of sp³-hybridized carbons (Fsp3) is 1.00. The third kappa shape index (κ3) is 3.54. The molecule has 6 heteroatoms. The van der Waals surface area contributed by atoms with Crippen LogP contribution < -0.4 is 0 Å². The fourth-order valence-corrected chi connectivity index (χ4v) is 0.696. The predicted molar refractivity (Wildman–Crippen MR) is 48.0 cm³/mol. The summed E-state index contributed by atoms with van der Waals surface area (Å²) < 4.78 is 24.7. The van der Waals surface area contributed by atoms with E-state index < -0.39 is 11.0 Å². The molecule has 0 aliphatic carbocycles. The van der Waals surface area contributed by atoms with Gasteiger partial charge >= 0.3 is 0 Å². The number of alkyl halides is 2. The number of halogens is 2. The number of thiol groups is 1. The summed E-state index contributed by atoms with van der Waals surface area (Å²) in [6, 6.07) is 0. The average Bonchev–Trinajstić information content (AvgIpc) is 1.81. The fourth-order valence-electron chi connectivity index (χ4n) is 0.538. The molecular weight excluding hydrogens is 163 g/mol. The van der Waals surface area contributed by atoms with Crippen molar-refractivity contribution < 1.29 is 8.78 Å². The Morgan fingerprint density at radius 1 is 1.18 bits per heavy atom. The third-order valence-electron chi connectivity index (χ3n) is 1.37. The number of rotatable bonds is 4. The van der Waals surface area contributed by atoms with Gasteiger partial charge in [-0.2, -0.15) is 12.6 Å². The standard InChI is InChI=1S/C5H7B3F2S/c6-4(7,2-1-3-11)5(8,9)10/h11H,1-3H2. The molecule has 11 heavy (non-hydrogen) atoms. The lowest BCUT2D eigenvalue weighted by molar-refractivity contribution is 0.0680. The topological polar surface area (TPSA) is 0 Å². The molecule has 0 fully saturated rings. The minimum Gasteiger partial charge on any atom is -0.220 e. The normalized spacial score (nSPS) is 13.4. The summed E-state index contributed by atoms with van der Waals surface area (Å²) in [5.41, 5.74) is 0. The van der Waals surface area contributed by atoms with E-state index in [4.69, 9.17) is 15.7 Å². The van der Waals surface area contributed by atoms with E-state index in [1.165, 1.54) is 0 Å². The zero-order valence-electron chi connectivity index (χ0n) is 6.06. The van der Waals surface area contributed by atoms with Crippen molar-refractivity contribution in [2.75, 3.05) is 5.75 Å². The van der Waals surface area contributed by atoms with Gasteiger partial charge in [-0.25, -0.2) is 8.78 Å². The van der Waals surface area contributed by atoms with Crippen LogP contribution in [0.1, 0.15) is 12.8 Å². The molecule has 6 radical (unpaired) electrons. The lowest BCUT2D eigenvalue weighted by Gasteiger charge is -2.33. The van der Waals surface area contributed by atoms with Crippen molar-refractivity contribution >= 4 is 36.2 Å². The van der Waals surface area contributed by atoms with E-state index >= 15 is 0 Å². The molecule has 56 valence electrons. The highest BCUT2D eigenvalue weighted by molar-refractivity contribution is 7.80. The van der Waals surface area contributed by atoms with Crippen molar-refractivity contribution in [1.82, 2.24) is 0 Å². The SMILES string of the molecule is [B]C(F)(F)C([B])([B])CCCS. The summed E-state index contributed by atoms with van der Waals surface area (Å²) in [4.78, 5) is 0. The van der Waals surface area contributed by atoms with E-state index in [1.54, 1.807) is 0 Å². The maximum absolute atomic E-state index is 12.3. The van der Waals surface area contributed by atoms with E-state index in [9.17, 15) is 8.78 Å². The minimum atomic E-state index is -3.53. The lowest BCUT2D eigenvalue weighted by atomic mass is 9.45. The van der Waals surface area contributed by atoms with Crippen LogP contribution in [0, 0.1) is 0 Å². The molecule has 0 amide bonds. The molecule has 0 aromatic carbocycles. The maximum Gasteiger partial charge on any atom is 0.190 e. The Morgan fingerprint density at radius 3 is 1.91 bits per heavy atom. The molecule has 0 rings (SSSR count). The van der Waals surface area contributed by atoms with Gasteiger partial charge in [0.2, 0.25) is 0 Å². The van der Waals surface area contributed by atoms with Crippen molar-refractivity contribution in [3.8, 4) is 0 Å². The van der Waals surface area contributed by atoms with Crippen molar-refractivity contribution in [2.45, 2.75) is 23.9 Å². The Balaban J connectivity index is 4.00. The van der Waals surface area contributed by atoms with E-state index in [0.717, 1.165) is 0 Å². The molecule has 0 saturated carbocycles. The van der Waals surface area contributed by atoms with Gasteiger partial charge in [0.15, 0.2) is 13.7 Å². The third-order valence-corrected chi connectivity index (χ3v) is 1.69. The monoisotopic (exact) mass is 170 g/mol. The molecule has 0 nitrogen and oxygen atoms in total. The van der Waals surface area contributed by atoms with Crippen LogP contribution in [0.3, 0.4) is 0 Å². The highest BCUT2D eigenvalue weighted by Crippen LogP contribution is 2.38. The van der Waals surface area contributed by atoms with Crippen LogP contribution in [-0.4, -0.2) is 35.1 Å². The summed E-state index contributed by atoms with van der Waals surface area (Å²) >= 11 is 3.83. The molecule has 0 spiro atoms. The van der Waals surface area contributed by atoms with Gasteiger partial charge in [-0.3, -0.25) is 0 Å². The van der Waals surface area contributed by atoms with Crippen LogP contribution >= 0.6 is 12.6 Å². The number of hydrogen-bond donors (Lipinski definition) is 1. The highest BCUT2D eigenvalue weighted by atomic mass is 32.1. The van der Waals surface area contributed by atoms with Gasteiger partial charge in [0.1, 0.15) is 0 Å². The maximum atomic E-state index is 12.3. The Kier molecular flexibility index (Phi) is 4.02. The molecule has 0 unspecified atom stereocenters. The summed E-state index contributed by atoms with van der Waals surface area (Å²) in [5.74, 6) is -3.07. The Hall–Kier alpha value is 0.405. The summed E-state index contributed by atoms with van der Waals surface area (Å²) in [7, 11) is 14.5. The van der Waals surface area contributed by atoms with Crippen LogP contribution in [-0.2, 0) is 0 Å². The van der Waals surface area contributed by atoms with Gasteiger partial charge in [-0.15, -0.1) is 0 Å². The van der Waals surface area contributed by atoms with Gasteiger partial charge in [-0.05, 0) is 17.4 Å². The van der Waals surface area contributed by atoms with Crippen LogP contribution in [0.5, 0.6) is 0 Å². The molecule has 0 aromatic heterocycles. The van der Waals surface area contributed by atoms with Gasteiger partial charge in [-0.1, -0.05) is 6.42 Å².